The van der Waals surface area contributed by atoms with Crippen LogP contribution in [0, 0.1) is 3.57 Å². The molecule has 1 fully saturated rings. The van der Waals surface area contributed by atoms with Crippen LogP contribution >= 0.6 is 38.5 Å². The molecule has 1 N–H and O–H groups in total. The maximum absolute atomic E-state index is 3.70. The summed E-state index contributed by atoms with van der Waals surface area (Å²) in [6.45, 7) is 5.90. The van der Waals surface area contributed by atoms with E-state index >= 15 is 0 Å². The van der Waals surface area contributed by atoms with Gasteiger partial charge in [-0.1, -0.05) is 6.92 Å². The highest BCUT2D eigenvalue weighted by molar-refractivity contribution is 14.1. The Balaban J connectivity index is 1.98. The van der Waals surface area contributed by atoms with E-state index in [1.807, 2.05) is 0 Å². The highest BCUT2D eigenvalue weighted by Crippen LogP contribution is 2.26. The van der Waals surface area contributed by atoms with Crippen molar-refractivity contribution >= 4 is 44.2 Å². The summed E-state index contributed by atoms with van der Waals surface area (Å²) in [5, 5.41) is 3.70. The zero-order chi connectivity index (χ0) is 13.0. The van der Waals surface area contributed by atoms with Crippen LogP contribution < -0.4 is 5.32 Å². The Morgan fingerprint density at radius 1 is 1.39 bits per heavy atom. The molecule has 0 radical (unpaired) electrons. The topological polar surface area (TPSA) is 15.3 Å². The molecule has 0 aromatic heterocycles. The van der Waals surface area contributed by atoms with Crippen LogP contribution in [0.4, 0.5) is 5.69 Å². The molecule has 1 aliphatic rings. The van der Waals surface area contributed by atoms with E-state index in [4.69, 9.17) is 0 Å². The summed E-state index contributed by atoms with van der Waals surface area (Å²) in [6.07, 6.45) is 3.81. The molecule has 1 unspecified atom stereocenters. The van der Waals surface area contributed by atoms with E-state index < -0.39 is 0 Å². The van der Waals surface area contributed by atoms with Crippen molar-refractivity contribution in [3.8, 4) is 0 Å². The third kappa shape index (κ3) is 4.10. The van der Waals surface area contributed by atoms with Gasteiger partial charge in [0.2, 0.25) is 0 Å². The van der Waals surface area contributed by atoms with Gasteiger partial charge in [-0.25, -0.2) is 0 Å². The normalized spacial score (nSPS) is 21.6. The molecular formula is C14H20BrIN2. The predicted octanol–water partition coefficient (Wildman–Crippen LogP) is 4.34. The van der Waals surface area contributed by atoms with Crippen LogP contribution in [0.2, 0.25) is 0 Å². The average Bonchev–Trinajstić information content (AvgIpc) is 2.59. The Labute approximate surface area is 132 Å². The smallest absolute Gasteiger partial charge is 0.0497 e. The molecule has 4 heteroatoms. The summed E-state index contributed by atoms with van der Waals surface area (Å²) >= 11 is 5.99. The molecule has 1 atom stereocenters. The highest BCUT2D eigenvalue weighted by atomic mass is 127. The number of rotatable bonds is 3. The van der Waals surface area contributed by atoms with Gasteiger partial charge in [-0.15, -0.1) is 0 Å². The summed E-state index contributed by atoms with van der Waals surface area (Å²) in [4.78, 5) is 2.55. The van der Waals surface area contributed by atoms with Gasteiger partial charge in [0.05, 0.1) is 0 Å². The number of benzene rings is 1. The van der Waals surface area contributed by atoms with E-state index in [9.17, 15) is 0 Å². The standard InChI is InChI=1S/C14H20BrIN2/c1-2-18-8-3-4-12(7-9-18)17-14-10-11(16)5-6-13(14)15/h5-6,10,12,17H,2-4,7-9H2,1H3. The van der Waals surface area contributed by atoms with Gasteiger partial charge in [0, 0.05) is 26.3 Å². The van der Waals surface area contributed by atoms with Crippen LogP contribution in [0.3, 0.4) is 0 Å². The number of hydrogen-bond donors (Lipinski definition) is 1. The van der Waals surface area contributed by atoms with Gasteiger partial charge in [-0.2, -0.15) is 0 Å². The van der Waals surface area contributed by atoms with Gasteiger partial charge in [0.25, 0.3) is 0 Å². The molecule has 1 aromatic rings. The Hall–Kier alpha value is 0.190. The molecule has 1 heterocycles. The summed E-state index contributed by atoms with van der Waals surface area (Å²) in [5.74, 6) is 0. The molecular weight excluding hydrogens is 403 g/mol. The van der Waals surface area contributed by atoms with Crippen molar-refractivity contribution in [1.29, 1.82) is 0 Å². The molecule has 100 valence electrons. The second kappa shape index (κ2) is 7.10. The van der Waals surface area contributed by atoms with Crippen molar-refractivity contribution in [3.05, 3.63) is 26.2 Å². The molecule has 1 aromatic carbocycles. The number of halogens is 2. The van der Waals surface area contributed by atoms with E-state index in [2.05, 4.69) is 73.9 Å². The zero-order valence-corrected chi connectivity index (χ0v) is 14.5. The molecule has 0 saturated carbocycles. The fourth-order valence-electron chi connectivity index (χ4n) is 2.44. The molecule has 0 bridgehead atoms. The van der Waals surface area contributed by atoms with Crippen molar-refractivity contribution in [2.75, 3.05) is 25.0 Å². The minimum absolute atomic E-state index is 0.607. The van der Waals surface area contributed by atoms with Gasteiger partial charge >= 0.3 is 0 Å². The van der Waals surface area contributed by atoms with E-state index in [0.29, 0.717) is 6.04 Å². The number of hydrogen-bond acceptors (Lipinski definition) is 2. The predicted molar refractivity (Wildman–Crippen MR) is 90.2 cm³/mol. The van der Waals surface area contributed by atoms with Crippen molar-refractivity contribution in [2.45, 2.75) is 32.2 Å². The van der Waals surface area contributed by atoms with E-state index in [-0.39, 0.29) is 0 Å². The lowest BCUT2D eigenvalue weighted by atomic mass is 10.1. The maximum atomic E-state index is 3.70. The first-order valence-corrected chi connectivity index (χ1v) is 8.50. The lowest BCUT2D eigenvalue weighted by molar-refractivity contribution is 0.300. The Morgan fingerprint density at radius 3 is 3.00 bits per heavy atom. The van der Waals surface area contributed by atoms with Crippen LogP contribution in [-0.4, -0.2) is 30.6 Å². The van der Waals surface area contributed by atoms with Gasteiger partial charge in [0.15, 0.2) is 0 Å². The molecule has 1 aliphatic heterocycles. The summed E-state index contributed by atoms with van der Waals surface area (Å²) < 4.78 is 2.45. The van der Waals surface area contributed by atoms with Gasteiger partial charge < -0.3 is 10.2 Å². The lowest BCUT2D eigenvalue weighted by Gasteiger charge is -2.20. The molecule has 0 amide bonds. The van der Waals surface area contributed by atoms with Gasteiger partial charge in [-0.05, 0) is 89.1 Å². The van der Waals surface area contributed by atoms with Crippen molar-refractivity contribution in [1.82, 2.24) is 4.90 Å². The zero-order valence-electron chi connectivity index (χ0n) is 10.8. The van der Waals surface area contributed by atoms with E-state index in [0.717, 1.165) is 0 Å². The highest BCUT2D eigenvalue weighted by Gasteiger charge is 2.16. The van der Waals surface area contributed by atoms with Crippen LogP contribution in [-0.2, 0) is 0 Å². The number of likely N-dealkylation sites (tertiary alicyclic amines) is 1. The molecule has 2 rings (SSSR count). The first-order chi connectivity index (χ1) is 8.69. The SMILES string of the molecule is CCN1CCCC(Nc2cc(I)ccc2Br)CC1. The van der Waals surface area contributed by atoms with Crippen LogP contribution in [0.5, 0.6) is 0 Å². The van der Waals surface area contributed by atoms with Crippen molar-refractivity contribution in [2.24, 2.45) is 0 Å². The molecule has 1 saturated heterocycles. The fraction of sp³-hybridized carbons (Fsp3) is 0.571. The first kappa shape index (κ1) is 14.6. The monoisotopic (exact) mass is 422 g/mol. The Kier molecular flexibility index (Phi) is 5.76. The minimum Gasteiger partial charge on any atom is -0.381 e. The Morgan fingerprint density at radius 2 is 2.22 bits per heavy atom. The quantitative estimate of drug-likeness (QED) is 0.729. The van der Waals surface area contributed by atoms with Crippen molar-refractivity contribution in [3.63, 3.8) is 0 Å². The summed E-state index contributed by atoms with van der Waals surface area (Å²) in [5.41, 5.74) is 1.23. The molecule has 2 nitrogen and oxygen atoms in total. The van der Waals surface area contributed by atoms with Crippen LogP contribution in [0.15, 0.2) is 22.7 Å². The summed E-state index contributed by atoms with van der Waals surface area (Å²) in [6, 6.07) is 7.07. The third-order valence-corrected chi connectivity index (χ3v) is 4.92. The fourth-order valence-corrected chi connectivity index (χ4v) is 3.30. The van der Waals surface area contributed by atoms with Crippen molar-refractivity contribution < 1.29 is 0 Å². The maximum Gasteiger partial charge on any atom is 0.0497 e. The lowest BCUT2D eigenvalue weighted by Crippen LogP contribution is -2.26. The summed E-state index contributed by atoms with van der Waals surface area (Å²) in [7, 11) is 0. The second-order valence-electron chi connectivity index (χ2n) is 4.83. The van der Waals surface area contributed by atoms with Crippen LogP contribution in [0.1, 0.15) is 26.2 Å². The number of anilines is 1. The first-order valence-electron chi connectivity index (χ1n) is 6.63. The Bertz CT molecular complexity index is 397. The van der Waals surface area contributed by atoms with Gasteiger partial charge in [0.1, 0.15) is 0 Å². The number of nitrogens with one attached hydrogen (secondary N) is 1. The van der Waals surface area contributed by atoms with Gasteiger partial charge in [-0.3, -0.25) is 0 Å². The molecule has 0 aliphatic carbocycles. The van der Waals surface area contributed by atoms with E-state index in [1.54, 1.807) is 0 Å². The molecule has 18 heavy (non-hydrogen) atoms. The molecule has 0 spiro atoms. The largest absolute Gasteiger partial charge is 0.381 e. The van der Waals surface area contributed by atoms with Crippen LogP contribution in [0.25, 0.3) is 0 Å². The van der Waals surface area contributed by atoms with E-state index in [1.165, 1.54) is 52.6 Å². The average molecular weight is 423 g/mol. The minimum atomic E-state index is 0.607. The second-order valence-corrected chi connectivity index (χ2v) is 6.93. The number of nitrogens with zero attached hydrogens (tertiary/aromatic N) is 1. The third-order valence-electron chi connectivity index (χ3n) is 3.56.